The van der Waals surface area contributed by atoms with E-state index in [1.54, 1.807) is 7.05 Å². The van der Waals surface area contributed by atoms with Gasteiger partial charge in [-0.25, -0.2) is 13.2 Å². The fourth-order valence-electron chi connectivity index (χ4n) is 3.40. The van der Waals surface area contributed by atoms with Gasteiger partial charge in [-0.15, -0.1) is 0 Å². The van der Waals surface area contributed by atoms with Crippen LogP contribution in [0.25, 0.3) is 0 Å². The largest absolute Gasteiger partial charge is 0.480 e. The lowest BCUT2D eigenvalue weighted by atomic mass is 10.2. The van der Waals surface area contributed by atoms with Crippen LogP contribution in [0, 0.1) is 0 Å². The molecule has 9 heteroatoms. The van der Waals surface area contributed by atoms with Gasteiger partial charge in [-0.1, -0.05) is 6.42 Å². The lowest BCUT2D eigenvalue weighted by Crippen LogP contribution is -2.45. The number of sulfonamides is 1. The lowest BCUT2D eigenvalue weighted by molar-refractivity contribution is -0.141. The zero-order valence-electron chi connectivity index (χ0n) is 15.1. The Labute approximate surface area is 153 Å². The molecule has 1 saturated carbocycles. The second-order valence-electron chi connectivity index (χ2n) is 7.09. The van der Waals surface area contributed by atoms with Crippen molar-refractivity contribution in [3.8, 4) is 0 Å². The van der Waals surface area contributed by atoms with Gasteiger partial charge in [0, 0.05) is 32.4 Å². The van der Waals surface area contributed by atoms with E-state index in [0.29, 0.717) is 13.1 Å². The van der Waals surface area contributed by atoms with Crippen LogP contribution in [0.3, 0.4) is 0 Å². The minimum atomic E-state index is -3.64. The Morgan fingerprint density at radius 2 is 1.85 bits per heavy atom. The molecular formula is C17H25N3O5S. The maximum Gasteiger partial charge on any atom is 0.326 e. The van der Waals surface area contributed by atoms with E-state index < -0.39 is 27.9 Å². The zero-order valence-corrected chi connectivity index (χ0v) is 15.9. The van der Waals surface area contributed by atoms with Gasteiger partial charge in [0.15, 0.2) is 0 Å². The molecule has 0 bridgehead atoms. The summed E-state index contributed by atoms with van der Waals surface area (Å²) < 4.78 is 28.6. The number of piperidine rings is 1. The van der Waals surface area contributed by atoms with E-state index in [4.69, 9.17) is 0 Å². The Bertz CT molecular complexity index is 806. The Morgan fingerprint density at radius 1 is 1.23 bits per heavy atom. The number of aliphatic carboxylic acids is 1. The van der Waals surface area contributed by atoms with E-state index in [9.17, 15) is 23.1 Å². The summed E-state index contributed by atoms with van der Waals surface area (Å²) in [7, 11) is -2.03. The average Bonchev–Trinajstić information content (AvgIpc) is 3.36. The number of carbonyl (C=O) groups excluding carboxylic acids is 1. The first-order valence-electron chi connectivity index (χ1n) is 8.95. The fourth-order valence-corrected chi connectivity index (χ4v) is 4.99. The highest BCUT2D eigenvalue weighted by atomic mass is 32.2. The van der Waals surface area contributed by atoms with Gasteiger partial charge in [-0.05, 0) is 38.7 Å². The molecule has 3 rings (SSSR count). The molecule has 1 aliphatic heterocycles. The van der Waals surface area contributed by atoms with Crippen LogP contribution in [0.1, 0.15) is 49.5 Å². The Kier molecular flexibility index (Phi) is 5.12. The molecule has 1 amide bonds. The van der Waals surface area contributed by atoms with Crippen LogP contribution in [-0.4, -0.2) is 64.3 Å². The van der Waals surface area contributed by atoms with Gasteiger partial charge in [0.25, 0.3) is 5.91 Å². The summed E-state index contributed by atoms with van der Waals surface area (Å²) >= 11 is 0. The SMILES string of the molecule is CC(C(=O)O)N(C(=O)c1cc(S(=O)(=O)N2CCCCC2)cn1C)C1CC1. The van der Waals surface area contributed by atoms with E-state index in [1.165, 1.54) is 33.0 Å². The third-order valence-corrected chi connectivity index (χ3v) is 6.97. The van der Waals surface area contributed by atoms with Crippen LogP contribution >= 0.6 is 0 Å². The Hall–Kier alpha value is -1.87. The molecule has 1 aliphatic carbocycles. The van der Waals surface area contributed by atoms with Crippen LogP contribution < -0.4 is 0 Å². The zero-order chi connectivity index (χ0) is 19.1. The molecule has 144 valence electrons. The maximum atomic E-state index is 12.9. The monoisotopic (exact) mass is 383 g/mol. The van der Waals surface area contributed by atoms with E-state index in [-0.39, 0.29) is 16.6 Å². The second-order valence-corrected chi connectivity index (χ2v) is 9.03. The summed E-state index contributed by atoms with van der Waals surface area (Å²) in [5.74, 6) is -1.51. The summed E-state index contributed by atoms with van der Waals surface area (Å²) in [6.07, 6.45) is 5.67. The van der Waals surface area contributed by atoms with Crippen molar-refractivity contribution in [3.05, 3.63) is 18.0 Å². The normalized spacial score (nSPS) is 19.9. The van der Waals surface area contributed by atoms with Gasteiger partial charge in [0.1, 0.15) is 16.6 Å². The standard InChI is InChI=1S/C17H25N3O5S/c1-12(17(22)23)20(13-6-7-13)16(21)15-10-14(11-18(15)2)26(24,25)19-8-4-3-5-9-19/h10-13H,3-9H2,1-2H3,(H,22,23). The average molecular weight is 383 g/mol. The van der Waals surface area contributed by atoms with Gasteiger partial charge in [-0.3, -0.25) is 4.79 Å². The summed E-state index contributed by atoms with van der Waals surface area (Å²) in [4.78, 5) is 25.7. The van der Waals surface area contributed by atoms with Crippen LogP contribution in [0.15, 0.2) is 17.2 Å². The predicted octanol–water partition coefficient (Wildman–Crippen LogP) is 1.28. The molecule has 0 aromatic carbocycles. The van der Waals surface area contributed by atoms with Crippen LogP contribution in [0.5, 0.6) is 0 Å². The number of rotatable bonds is 6. The molecule has 2 aliphatic rings. The first-order chi connectivity index (χ1) is 12.2. The minimum absolute atomic E-state index is 0.0870. The summed E-state index contributed by atoms with van der Waals surface area (Å²) in [5, 5.41) is 9.30. The highest BCUT2D eigenvalue weighted by Gasteiger charge is 2.40. The van der Waals surface area contributed by atoms with E-state index in [1.807, 2.05) is 0 Å². The molecule has 8 nitrogen and oxygen atoms in total. The fraction of sp³-hybridized carbons (Fsp3) is 0.647. The number of nitrogens with zero attached hydrogens (tertiary/aromatic N) is 3. The van der Waals surface area contributed by atoms with E-state index in [2.05, 4.69) is 0 Å². The molecule has 1 aromatic heterocycles. The van der Waals surface area contributed by atoms with Crippen LogP contribution in [-0.2, 0) is 21.9 Å². The second kappa shape index (κ2) is 7.03. The third kappa shape index (κ3) is 3.50. The molecule has 0 radical (unpaired) electrons. The van der Waals surface area contributed by atoms with Gasteiger partial charge < -0.3 is 14.6 Å². The number of carboxylic acid groups (broad SMARTS) is 1. The number of hydrogen-bond donors (Lipinski definition) is 1. The number of aryl methyl sites for hydroxylation is 1. The molecule has 26 heavy (non-hydrogen) atoms. The van der Waals surface area contributed by atoms with Crippen molar-refractivity contribution in [3.63, 3.8) is 0 Å². The van der Waals surface area contributed by atoms with Crippen LogP contribution in [0.2, 0.25) is 0 Å². The van der Waals surface area contributed by atoms with Crippen LogP contribution in [0.4, 0.5) is 0 Å². The van der Waals surface area contributed by atoms with Gasteiger partial charge in [-0.2, -0.15) is 4.31 Å². The molecule has 2 fully saturated rings. The first-order valence-corrected chi connectivity index (χ1v) is 10.4. The van der Waals surface area contributed by atoms with Crippen molar-refractivity contribution < 1.29 is 23.1 Å². The maximum absolute atomic E-state index is 12.9. The smallest absolute Gasteiger partial charge is 0.326 e. The topological polar surface area (TPSA) is 99.9 Å². The molecule has 2 heterocycles. The highest BCUT2D eigenvalue weighted by Crippen LogP contribution is 2.31. The summed E-state index contributed by atoms with van der Waals surface area (Å²) in [6.45, 7) is 2.46. The first kappa shape index (κ1) is 18.9. The number of carboxylic acids is 1. The number of hydrogen-bond acceptors (Lipinski definition) is 4. The number of aromatic nitrogens is 1. The number of amides is 1. The van der Waals surface area contributed by atoms with Crippen molar-refractivity contribution in [1.82, 2.24) is 13.8 Å². The molecule has 1 atom stereocenters. The van der Waals surface area contributed by atoms with E-state index >= 15 is 0 Å². The molecule has 1 N–H and O–H groups in total. The minimum Gasteiger partial charge on any atom is -0.480 e. The lowest BCUT2D eigenvalue weighted by Gasteiger charge is -2.26. The predicted molar refractivity (Wildman–Crippen MR) is 94.3 cm³/mol. The summed E-state index contributed by atoms with van der Waals surface area (Å²) in [5.41, 5.74) is 0.195. The van der Waals surface area contributed by atoms with Gasteiger partial charge in [0.2, 0.25) is 10.0 Å². The van der Waals surface area contributed by atoms with Crippen molar-refractivity contribution in [2.75, 3.05) is 13.1 Å². The summed E-state index contributed by atoms with van der Waals surface area (Å²) in [6, 6.07) is 0.327. The molecule has 0 spiro atoms. The van der Waals surface area contributed by atoms with E-state index in [0.717, 1.165) is 32.1 Å². The molecule has 1 unspecified atom stereocenters. The van der Waals surface area contributed by atoms with Gasteiger partial charge >= 0.3 is 5.97 Å². The molecule has 1 aromatic rings. The Balaban J connectivity index is 1.89. The third-order valence-electron chi connectivity index (χ3n) is 5.10. The quantitative estimate of drug-likeness (QED) is 0.798. The highest BCUT2D eigenvalue weighted by molar-refractivity contribution is 7.89. The molecule has 1 saturated heterocycles. The van der Waals surface area contributed by atoms with Crippen molar-refractivity contribution in [1.29, 1.82) is 0 Å². The number of carbonyl (C=O) groups is 2. The van der Waals surface area contributed by atoms with Crippen molar-refractivity contribution >= 4 is 21.9 Å². The van der Waals surface area contributed by atoms with Crippen molar-refractivity contribution in [2.45, 2.75) is 56.0 Å². The molecular weight excluding hydrogens is 358 g/mol. The Morgan fingerprint density at radius 3 is 2.38 bits per heavy atom. The van der Waals surface area contributed by atoms with Gasteiger partial charge in [0.05, 0.1) is 0 Å². The van der Waals surface area contributed by atoms with Crippen molar-refractivity contribution in [2.24, 2.45) is 7.05 Å².